The molecule has 0 amide bonds. The molecule has 1 aliphatic carbocycles. The van der Waals surface area contributed by atoms with E-state index in [2.05, 4.69) is 39.8 Å². The smallest absolute Gasteiger partial charge is 0.305 e. The third-order valence-electron chi connectivity index (χ3n) is 4.93. The van der Waals surface area contributed by atoms with Crippen molar-refractivity contribution in [3.05, 3.63) is 23.3 Å². The van der Waals surface area contributed by atoms with Crippen molar-refractivity contribution < 1.29 is 14.3 Å². The Balaban J connectivity index is 2.93. The molecule has 1 aliphatic rings. The van der Waals surface area contributed by atoms with Gasteiger partial charge >= 0.3 is 5.97 Å². The Morgan fingerprint density at radius 1 is 1.21 bits per heavy atom. The van der Waals surface area contributed by atoms with Crippen LogP contribution in [0.5, 0.6) is 0 Å². The molecule has 3 heteroatoms. The summed E-state index contributed by atoms with van der Waals surface area (Å²) in [7, 11) is 0. The SMILES string of the molecule is CCOC(=O)CCC1(CC=C(C)C)CCCC(CC=C(C)C)C1=O. The Hall–Kier alpha value is -1.38. The average molecular weight is 335 g/mol. The van der Waals surface area contributed by atoms with Crippen molar-refractivity contribution in [1.82, 2.24) is 0 Å². The minimum Gasteiger partial charge on any atom is -0.466 e. The summed E-state index contributed by atoms with van der Waals surface area (Å²) in [5, 5.41) is 0. The molecule has 0 saturated heterocycles. The average Bonchev–Trinajstić information content (AvgIpc) is 2.52. The molecule has 1 rings (SSSR count). The summed E-state index contributed by atoms with van der Waals surface area (Å²) >= 11 is 0. The standard InChI is InChI=1S/C21H34O3/c1-6-24-19(22)12-15-21(14-11-17(4)5)13-7-8-18(20(21)23)10-9-16(2)3/h9,11,18H,6-8,10,12-15H2,1-5H3. The number of hydrogen-bond acceptors (Lipinski definition) is 3. The first-order chi connectivity index (χ1) is 11.3. The maximum Gasteiger partial charge on any atom is 0.305 e. The van der Waals surface area contributed by atoms with Crippen LogP contribution < -0.4 is 0 Å². The molecule has 3 nitrogen and oxygen atoms in total. The van der Waals surface area contributed by atoms with E-state index in [-0.39, 0.29) is 17.3 Å². The number of ether oxygens (including phenoxy) is 1. The zero-order valence-electron chi connectivity index (χ0n) is 16.1. The number of Topliss-reactive ketones (excluding diaryl/α,β-unsaturated/α-hetero) is 1. The van der Waals surface area contributed by atoms with Gasteiger partial charge in [0, 0.05) is 17.8 Å². The first-order valence-electron chi connectivity index (χ1n) is 9.27. The van der Waals surface area contributed by atoms with Crippen LogP contribution >= 0.6 is 0 Å². The molecule has 1 saturated carbocycles. The van der Waals surface area contributed by atoms with Gasteiger partial charge in [0.15, 0.2) is 0 Å². The third-order valence-corrected chi connectivity index (χ3v) is 4.93. The van der Waals surface area contributed by atoms with Crippen LogP contribution in [-0.4, -0.2) is 18.4 Å². The van der Waals surface area contributed by atoms with Crippen molar-refractivity contribution in [2.24, 2.45) is 11.3 Å². The summed E-state index contributed by atoms with van der Waals surface area (Å²) in [6.45, 7) is 10.5. The summed E-state index contributed by atoms with van der Waals surface area (Å²) in [6, 6.07) is 0. The Bertz CT molecular complexity index is 493. The van der Waals surface area contributed by atoms with Crippen molar-refractivity contribution in [3.63, 3.8) is 0 Å². The molecule has 0 aliphatic heterocycles. The van der Waals surface area contributed by atoms with Gasteiger partial charge in [-0.25, -0.2) is 0 Å². The highest BCUT2D eigenvalue weighted by atomic mass is 16.5. The predicted octanol–water partition coefficient (Wildman–Crippen LogP) is 5.40. The second kappa shape index (κ2) is 9.80. The molecule has 0 radical (unpaired) electrons. The van der Waals surface area contributed by atoms with E-state index in [1.807, 2.05) is 6.92 Å². The minimum absolute atomic E-state index is 0.0985. The summed E-state index contributed by atoms with van der Waals surface area (Å²) in [5.74, 6) is 0.266. The molecule has 0 spiro atoms. The van der Waals surface area contributed by atoms with E-state index in [1.165, 1.54) is 11.1 Å². The van der Waals surface area contributed by atoms with E-state index < -0.39 is 0 Å². The van der Waals surface area contributed by atoms with Gasteiger partial charge < -0.3 is 4.74 Å². The number of rotatable bonds is 8. The van der Waals surface area contributed by atoms with Crippen molar-refractivity contribution in [2.45, 2.75) is 79.6 Å². The van der Waals surface area contributed by atoms with Gasteiger partial charge in [-0.05, 0) is 66.7 Å². The summed E-state index contributed by atoms with van der Waals surface area (Å²) in [5.41, 5.74) is 2.10. The van der Waals surface area contributed by atoms with Gasteiger partial charge in [0.1, 0.15) is 5.78 Å². The normalized spacial score (nSPS) is 23.5. The topological polar surface area (TPSA) is 43.4 Å². The van der Waals surface area contributed by atoms with Gasteiger partial charge in [0.25, 0.3) is 0 Å². The van der Waals surface area contributed by atoms with Crippen molar-refractivity contribution in [1.29, 1.82) is 0 Å². The Kier molecular flexibility index (Phi) is 8.44. The number of hydrogen-bond donors (Lipinski definition) is 0. The molecule has 0 aromatic carbocycles. The number of allylic oxidation sites excluding steroid dienone is 4. The van der Waals surface area contributed by atoms with Crippen LogP contribution in [-0.2, 0) is 14.3 Å². The molecular formula is C21H34O3. The van der Waals surface area contributed by atoms with E-state index in [0.717, 1.165) is 32.1 Å². The highest BCUT2D eigenvalue weighted by Gasteiger charge is 2.43. The second-order valence-corrected chi connectivity index (χ2v) is 7.54. The third kappa shape index (κ3) is 6.26. The number of ketones is 1. The van der Waals surface area contributed by atoms with Gasteiger partial charge in [-0.3, -0.25) is 9.59 Å². The first kappa shape index (κ1) is 20.7. The molecule has 0 aromatic heterocycles. The van der Waals surface area contributed by atoms with Crippen molar-refractivity contribution >= 4 is 11.8 Å². The van der Waals surface area contributed by atoms with Crippen LogP contribution in [0.3, 0.4) is 0 Å². The Labute approximate surface area is 147 Å². The van der Waals surface area contributed by atoms with Gasteiger partial charge in [0.2, 0.25) is 0 Å². The van der Waals surface area contributed by atoms with E-state index in [9.17, 15) is 9.59 Å². The van der Waals surface area contributed by atoms with Crippen LogP contribution in [0.4, 0.5) is 0 Å². The maximum atomic E-state index is 13.2. The Morgan fingerprint density at radius 3 is 2.46 bits per heavy atom. The highest BCUT2D eigenvalue weighted by Crippen LogP contribution is 2.44. The van der Waals surface area contributed by atoms with Gasteiger partial charge in [0.05, 0.1) is 6.61 Å². The lowest BCUT2D eigenvalue weighted by Crippen LogP contribution is -2.40. The first-order valence-corrected chi connectivity index (χ1v) is 9.27. The van der Waals surface area contributed by atoms with E-state index >= 15 is 0 Å². The van der Waals surface area contributed by atoms with Gasteiger partial charge in [-0.15, -0.1) is 0 Å². The van der Waals surface area contributed by atoms with Crippen LogP contribution in [0.1, 0.15) is 79.6 Å². The molecule has 2 unspecified atom stereocenters. The molecule has 2 atom stereocenters. The minimum atomic E-state index is -0.386. The van der Waals surface area contributed by atoms with Crippen LogP contribution in [0, 0.1) is 11.3 Å². The summed E-state index contributed by atoms with van der Waals surface area (Å²) in [6.07, 6.45) is 9.78. The van der Waals surface area contributed by atoms with E-state index in [1.54, 1.807) is 0 Å². The fourth-order valence-corrected chi connectivity index (χ4v) is 3.50. The Morgan fingerprint density at radius 2 is 1.88 bits per heavy atom. The zero-order chi connectivity index (χ0) is 18.2. The molecule has 0 N–H and O–H groups in total. The van der Waals surface area contributed by atoms with Crippen LogP contribution in [0.2, 0.25) is 0 Å². The van der Waals surface area contributed by atoms with E-state index in [4.69, 9.17) is 4.74 Å². The number of carbonyl (C=O) groups is 2. The molecule has 0 heterocycles. The van der Waals surface area contributed by atoms with Gasteiger partial charge in [-0.1, -0.05) is 29.7 Å². The number of esters is 1. The lowest BCUT2D eigenvalue weighted by Gasteiger charge is -2.39. The molecule has 136 valence electrons. The monoisotopic (exact) mass is 334 g/mol. The van der Waals surface area contributed by atoms with Crippen LogP contribution in [0.15, 0.2) is 23.3 Å². The molecule has 0 bridgehead atoms. The number of carbonyl (C=O) groups excluding carboxylic acids is 2. The zero-order valence-corrected chi connectivity index (χ0v) is 16.1. The molecule has 1 fully saturated rings. The van der Waals surface area contributed by atoms with Crippen LogP contribution in [0.25, 0.3) is 0 Å². The molecular weight excluding hydrogens is 300 g/mol. The fraction of sp³-hybridized carbons (Fsp3) is 0.714. The highest BCUT2D eigenvalue weighted by molar-refractivity contribution is 5.88. The van der Waals surface area contributed by atoms with Crippen molar-refractivity contribution in [2.75, 3.05) is 6.61 Å². The van der Waals surface area contributed by atoms with E-state index in [0.29, 0.717) is 25.2 Å². The summed E-state index contributed by atoms with van der Waals surface area (Å²) < 4.78 is 5.07. The quantitative estimate of drug-likeness (QED) is 0.441. The second-order valence-electron chi connectivity index (χ2n) is 7.54. The summed E-state index contributed by atoms with van der Waals surface area (Å²) in [4.78, 5) is 25.0. The molecule has 0 aromatic rings. The largest absolute Gasteiger partial charge is 0.466 e. The van der Waals surface area contributed by atoms with Gasteiger partial charge in [-0.2, -0.15) is 0 Å². The predicted molar refractivity (Wildman–Crippen MR) is 98.7 cm³/mol. The fourth-order valence-electron chi connectivity index (χ4n) is 3.50. The lowest BCUT2D eigenvalue weighted by atomic mass is 9.63. The van der Waals surface area contributed by atoms with Crippen molar-refractivity contribution in [3.8, 4) is 0 Å². The lowest BCUT2D eigenvalue weighted by molar-refractivity contribution is -0.145. The maximum absolute atomic E-state index is 13.2. The molecule has 24 heavy (non-hydrogen) atoms.